The van der Waals surface area contributed by atoms with Crippen molar-refractivity contribution in [3.8, 4) is 0 Å². The van der Waals surface area contributed by atoms with Crippen LogP contribution in [0.15, 0.2) is 5.10 Å². The van der Waals surface area contributed by atoms with Crippen LogP contribution in [0.2, 0.25) is 0 Å². The highest BCUT2D eigenvalue weighted by Gasteiger charge is 2.16. The number of ether oxygens (including phenoxy) is 2. The Morgan fingerprint density at radius 2 is 1.95 bits per heavy atom. The lowest BCUT2D eigenvalue weighted by Gasteiger charge is -2.18. The molecule has 0 aliphatic heterocycles. The van der Waals surface area contributed by atoms with Gasteiger partial charge in [0.15, 0.2) is 0 Å². The zero-order valence-electron chi connectivity index (χ0n) is 12.8. The third-order valence-corrected chi connectivity index (χ3v) is 3.00. The molecule has 0 aromatic heterocycles. The average Bonchev–Trinajstić information content (AvgIpc) is 2.34. The smallest absolute Gasteiger partial charge is 0.427 e. The van der Waals surface area contributed by atoms with E-state index in [2.05, 4.69) is 36.0 Å². The molecule has 0 unspecified atom stereocenters. The van der Waals surface area contributed by atoms with Crippen molar-refractivity contribution < 1.29 is 19.1 Å². The van der Waals surface area contributed by atoms with Gasteiger partial charge in [0, 0.05) is 12.2 Å². The van der Waals surface area contributed by atoms with Crippen LogP contribution in [0.5, 0.6) is 0 Å². The van der Waals surface area contributed by atoms with Crippen LogP contribution in [0.4, 0.5) is 4.79 Å². The van der Waals surface area contributed by atoms with Crippen molar-refractivity contribution in [1.29, 1.82) is 0 Å². The lowest BCUT2D eigenvalue weighted by molar-refractivity contribution is -0.142. The molecule has 0 saturated heterocycles. The maximum Gasteiger partial charge on any atom is 0.427 e. The molecule has 0 saturated carbocycles. The first-order chi connectivity index (χ1) is 9.28. The molecule has 0 aromatic carbocycles. The van der Waals surface area contributed by atoms with Crippen molar-refractivity contribution in [2.24, 2.45) is 10.5 Å². The fourth-order valence-corrected chi connectivity index (χ4v) is 2.37. The van der Waals surface area contributed by atoms with Gasteiger partial charge < -0.3 is 9.47 Å². The average molecular weight is 304 g/mol. The number of carbonyl (C=O) groups is 2. The molecule has 0 aliphatic carbocycles. The molecule has 7 heteroatoms. The number of nitrogens with zero attached hydrogens (tertiary/aromatic N) is 1. The molecule has 0 spiro atoms. The molecule has 20 heavy (non-hydrogen) atoms. The number of nitrogens with one attached hydrogen (secondary N) is 1. The number of hydrogen-bond donors (Lipinski definition) is 1. The first-order valence-corrected chi connectivity index (χ1v) is 7.46. The molecule has 116 valence electrons. The molecule has 0 rings (SSSR count). The van der Waals surface area contributed by atoms with Gasteiger partial charge in [0.25, 0.3) is 0 Å². The van der Waals surface area contributed by atoms with E-state index in [9.17, 15) is 9.59 Å². The zero-order valence-corrected chi connectivity index (χ0v) is 13.6. The lowest BCUT2D eigenvalue weighted by Crippen LogP contribution is -2.21. The van der Waals surface area contributed by atoms with Gasteiger partial charge in [0.1, 0.15) is 0 Å². The Kier molecular flexibility index (Phi) is 9.03. The second-order valence-corrected chi connectivity index (χ2v) is 6.42. The SMILES string of the molecule is CCOC(=O)CCSC(CC(C)(C)C)=NNC(=O)OC. The van der Waals surface area contributed by atoms with Crippen molar-refractivity contribution in [2.75, 3.05) is 19.5 Å². The molecule has 0 atom stereocenters. The summed E-state index contributed by atoms with van der Waals surface area (Å²) in [6.07, 6.45) is 0.409. The molecule has 0 aliphatic rings. The quantitative estimate of drug-likeness (QED) is 0.353. The van der Waals surface area contributed by atoms with Gasteiger partial charge in [0.05, 0.1) is 25.2 Å². The fraction of sp³-hybridized carbons (Fsp3) is 0.769. The Morgan fingerprint density at radius 3 is 2.45 bits per heavy atom. The predicted octanol–water partition coefficient (Wildman–Crippen LogP) is 2.78. The van der Waals surface area contributed by atoms with Crippen molar-refractivity contribution in [3.05, 3.63) is 0 Å². The summed E-state index contributed by atoms with van der Waals surface area (Å²) in [5.74, 6) is 0.340. The van der Waals surface area contributed by atoms with Crippen molar-refractivity contribution in [1.82, 2.24) is 5.43 Å². The van der Waals surface area contributed by atoms with Crippen molar-refractivity contribution >= 4 is 28.9 Å². The minimum atomic E-state index is -0.609. The highest BCUT2D eigenvalue weighted by atomic mass is 32.2. The van der Waals surface area contributed by atoms with E-state index in [-0.39, 0.29) is 11.4 Å². The third-order valence-electron chi connectivity index (χ3n) is 2.02. The molecule has 0 aromatic rings. The molecular weight excluding hydrogens is 280 g/mol. The van der Waals surface area contributed by atoms with Gasteiger partial charge in [-0.05, 0) is 12.3 Å². The lowest BCUT2D eigenvalue weighted by atomic mass is 9.93. The number of amides is 1. The third kappa shape index (κ3) is 10.7. The zero-order chi connectivity index (χ0) is 15.6. The van der Waals surface area contributed by atoms with Crippen LogP contribution in [0.25, 0.3) is 0 Å². The second kappa shape index (κ2) is 9.63. The first kappa shape index (κ1) is 18.8. The Balaban J connectivity index is 4.39. The van der Waals surface area contributed by atoms with Crippen LogP contribution >= 0.6 is 11.8 Å². The normalized spacial score (nSPS) is 11.9. The first-order valence-electron chi connectivity index (χ1n) is 6.47. The Hall–Kier alpha value is -1.24. The summed E-state index contributed by atoms with van der Waals surface area (Å²) in [7, 11) is 1.28. The van der Waals surface area contributed by atoms with E-state index in [4.69, 9.17) is 4.74 Å². The Labute approximate surface area is 124 Å². The number of thioether (sulfide) groups is 1. The molecule has 0 radical (unpaired) electrons. The van der Waals surface area contributed by atoms with E-state index >= 15 is 0 Å². The topological polar surface area (TPSA) is 77.0 Å². The highest BCUT2D eigenvalue weighted by Crippen LogP contribution is 2.24. The molecule has 0 bridgehead atoms. The summed E-state index contributed by atoms with van der Waals surface area (Å²) in [6.45, 7) is 8.39. The van der Waals surface area contributed by atoms with Gasteiger partial charge in [-0.2, -0.15) is 5.10 Å². The molecule has 6 nitrogen and oxygen atoms in total. The van der Waals surface area contributed by atoms with E-state index in [0.717, 1.165) is 5.04 Å². The fourth-order valence-electron chi connectivity index (χ4n) is 1.22. The molecule has 0 heterocycles. The number of rotatable bonds is 6. The summed E-state index contributed by atoms with van der Waals surface area (Å²) >= 11 is 1.43. The number of hydrazone groups is 1. The van der Waals surface area contributed by atoms with E-state index in [0.29, 0.717) is 25.2 Å². The summed E-state index contributed by atoms with van der Waals surface area (Å²) in [5.41, 5.74) is 2.34. The largest absolute Gasteiger partial charge is 0.466 e. The minimum absolute atomic E-state index is 0.0353. The second-order valence-electron chi connectivity index (χ2n) is 5.25. The van der Waals surface area contributed by atoms with Gasteiger partial charge >= 0.3 is 12.1 Å². The number of methoxy groups -OCH3 is 1. The maximum atomic E-state index is 11.3. The summed E-state index contributed by atoms with van der Waals surface area (Å²) in [4.78, 5) is 22.3. The van der Waals surface area contributed by atoms with Crippen LogP contribution in [0.1, 0.15) is 40.5 Å². The van der Waals surface area contributed by atoms with Crippen LogP contribution < -0.4 is 5.43 Å². The Morgan fingerprint density at radius 1 is 1.30 bits per heavy atom. The van der Waals surface area contributed by atoms with E-state index in [1.165, 1.54) is 18.9 Å². The van der Waals surface area contributed by atoms with Crippen molar-refractivity contribution in [2.45, 2.75) is 40.5 Å². The monoisotopic (exact) mass is 304 g/mol. The van der Waals surface area contributed by atoms with Gasteiger partial charge in [0.2, 0.25) is 0 Å². The van der Waals surface area contributed by atoms with Crippen LogP contribution in [0.3, 0.4) is 0 Å². The summed E-state index contributed by atoms with van der Waals surface area (Å²) < 4.78 is 9.32. The van der Waals surface area contributed by atoms with E-state index in [1.807, 2.05) is 0 Å². The molecule has 0 fully saturated rings. The van der Waals surface area contributed by atoms with Crippen LogP contribution in [0, 0.1) is 5.41 Å². The molecular formula is C13H24N2O4S. The van der Waals surface area contributed by atoms with Crippen LogP contribution in [-0.2, 0) is 14.3 Å². The summed E-state index contributed by atoms with van der Waals surface area (Å²) in [5, 5.41) is 4.78. The minimum Gasteiger partial charge on any atom is -0.466 e. The van der Waals surface area contributed by atoms with E-state index < -0.39 is 6.09 Å². The van der Waals surface area contributed by atoms with Crippen LogP contribution in [-0.4, -0.2) is 36.6 Å². The molecule has 1 N–H and O–H groups in total. The molecule has 1 amide bonds. The highest BCUT2D eigenvalue weighted by molar-refractivity contribution is 8.13. The Bertz CT molecular complexity index is 351. The predicted molar refractivity (Wildman–Crippen MR) is 80.8 cm³/mol. The van der Waals surface area contributed by atoms with Gasteiger partial charge in [-0.15, -0.1) is 11.8 Å². The summed E-state index contributed by atoms with van der Waals surface area (Å²) in [6, 6.07) is 0. The number of carbonyl (C=O) groups excluding carboxylic acids is 2. The van der Waals surface area contributed by atoms with Gasteiger partial charge in [-0.1, -0.05) is 20.8 Å². The van der Waals surface area contributed by atoms with Gasteiger partial charge in [-0.25, -0.2) is 10.2 Å². The van der Waals surface area contributed by atoms with Crippen molar-refractivity contribution in [3.63, 3.8) is 0 Å². The van der Waals surface area contributed by atoms with E-state index in [1.54, 1.807) is 6.92 Å². The van der Waals surface area contributed by atoms with Gasteiger partial charge in [-0.3, -0.25) is 4.79 Å². The number of esters is 1. The number of hydrogen-bond acceptors (Lipinski definition) is 6. The maximum absolute atomic E-state index is 11.3. The standard InChI is InChI=1S/C13H24N2O4S/c1-6-19-11(16)7-8-20-10(9-13(2,3)4)14-15-12(17)18-5/h6-9H2,1-5H3,(H,15,17).